The summed E-state index contributed by atoms with van der Waals surface area (Å²) in [5.74, 6) is -0.111. The van der Waals surface area contributed by atoms with Crippen LogP contribution in [0.15, 0.2) is 0 Å². The molecule has 94 valence electrons. The Hall–Kier alpha value is -0.135. The molecule has 1 saturated heterocycles. The van der Waals surface area contributed by atoms with E-state index in [0.29, 0.717) is 6.61 Å². The molecular formula is C10H21BO5. The number of aliphatic hydroxyl groups excluding tert-OH is 2. The van der Waals surface area contributed by atoms with Gasteiger partial charge in [0.2, 0.25) is 0 Å². The van der Waals surface area contributed by atoms with Gasteiger partial charge in [-0.1, -0.05) is 6.92 Å². The number of hydrogen-bond acceptors (Lipinski definition) is 5. The summed E-state index contributed by atoms with van der Waals surface area (Å²) in [5, 5.41) is 19.7. The Morgan fingerprint density at radius 1 is 1.50 bits per heavy atom. The maximum atomic E-state index is 10.2. The van der Waals surface area contributed by atoms with Crippen LogP contribution in [0.4, 0.5) is 0 Å². The quantitative estimate of drug-likeness (QED) is 0.557. The molecular weight excluding hydrogens is 211 g/mol. The minimum Gasteiger partial charge on any atom is -0.393 e. The molecule has 0 aliphatic carbocycles. The molecule has 0 radical (unpaired) electrons. The Labute approximate surface area is 97.1 Å². The van der Waals surface area contributed by atoms with Crippen LogP contribution in [0.25, 0.3) is 0 Å². The molecule has 0 spiro atoms. The van der Waals surface area contributed by atoms with E-state index in [4.69, 9.17) is 14.2 Å². The summed E-state index contributed by atoms with van der Waals surface area (Å²) in [7, 11) is 4.94. The fourth-order valence-electron chi connectivity index (χ4n) is 2.42. The molecule has 6 heteroatoms. The Balaban J connectivity index is 2.88. The lowest BCUT2D eigenvalue weighted by atomic mass is 9.82. The van der Waals surface area contributed by atoms with Gasteiger partial charge >= 0.3 is 0 Å². The molecule has 0 aromatic rings. The summed E-state index contributed by atoms with van der Waals surface area (Å²) in [4.78, 5) is 0. The average molecular weight is 232 g/mol. The zero-order chi connectivity index (χ0) is 12.3. The van der Waals surface area contributed by atoms with E-state index >= 15 is 0 Å². The monoisotopic (exact) mass is 232 g/mol. The van der Waals surface area contributed by atoms with Gasteiger partial charge in [-0.15, -0.1) is 0 Å². The molecule has 5 atom stereocenters. The second kappa shape index (κ2) is 5.47. The summed E-state index contributed by atoms with van der Waals surface area (Å²) in [6.07, 6.45) is -1.26. The first-order valence-corrected chi connectivity index (χ1v) is 5.52. The van der Waals surface area contributed by atoms with E-state index in [0.717, 1.165) is 0 Å². The van der Waals surface area contributed by atoms with Crippen molar-refractivity contribution < 1.29 is 24.4 Å². The van der Waals surface area contributed by atoms with Gasteiger partial charge in [-0.25, -0.2) is 0 Å². The highest BCUT2D eigenvalue weighted by Crippen LogP contribution is 2.37. The van der Waals surface area contributed by atoms with Crippen LogP contribution in [0.1, 0.15) is 6.92 Å². The summed E-state index contributed by atoms with van der Waals surface area (Å²) >= 11 is 0. The molecule has 1 fully saturated rings. The summed E-state index contributed by atoms with van der Waals surface area (Å²) in [6.45, 7) is 2.05. The van der Waals surface area contributed by atoms with Crippen molar-refractivity contribution in [2.75, 3.05) is 27.4 Å². The van der Waals surface area contributed by atoms with Crippen molar-refractivity contribution in [1.29, 1.82) is 0 Å². The SMILES string of the molecule is B[C@@H]1O[C@@](CO)(C(C)COC)[C@@H](O)[C@H]1OC. The molecule has 0 bridgehead atoms. The largest absolute Gasteiger partial charge is 0.393 e. The molecule has 1 heterocycles. The van der Waals surface area contributed by atoms with Crippen molar-refractivity contribution in [2.45, 2.75) is 30.7 Å². The molecule has 0 aromatic heterocycles. The Morgan fingerprint density at radius 2 is 2.12 bits per heavy atom. The van der Waals surface area contributed by atoms with E-state index in [2.05, 4.69) is 0 Å². The topological polar surface area (TPSA) is 68.2 Å². The number of aliphatic hydroxyl groups is 2. The van der Waals surface area contributed by atoms with Crippen LogP contribution in [0, 0.1) is 5.92 Å². The van der Waals surface area contributed by atoms with Crippen LogP contribution in [-0.4, -0.2) is 69.3 Å². The predicted octanol–water partition coefficient (Wildman–Crippen LogP) is -1.63. The van der Waals surface area contributed by atoms with Crippen LogP contribution in [0.3, 0.4) is 0 Å². The van der Waals surface area contributed by atoms with Crippen LogP contribution in [-0.2, 0) is 14.2 Å². The maximum absolute atomic E-state index is 10.2. The zero-order valence-corrected chi connectivity index (χ0v) is 10.3. The number of ether oxygens (including phenoxy) is 3. The third-order valence-electron chi connectivity index (χ3n) is 3.45. The molecule has 0 aromatic carbocycles. The number of rotatable bonds is 5. The minimum atomic E-state index is -0.990. The first kappa shape index (κ1) is 13.9. The zero-order valence-electron chi connectivity index (χ0n) is 10.3. The fourth-order valence-corrected chi connectivity index (χ4v) is 2.42. The summed E-state index contributed by atoms with van der Waals surface area (Å²) in [5.41, 5.74) is -0.990. The average Bonchev–Trinajstić information content (AvgIpc) is 2.51. The Kier molecular flexibility index (Phi) is 4.76. The van der Waals surface area contributed by atoms with Crippen molar-refractivity contribution >= 4 is 7.85 Å². The van der Waals surface area contributed by atoms with Gasteiger partial charge in [-0.05, 0) is 0 Å². The molecule has 5 nitrogen and oxygen atoms in total. The highest BCUT2D eigenvalue weighted by atomic mass is 16.6. The number of methoxy groups -OCH3 is 2. The predicted molar refractivity (Wildman–Crippen MR) is 61.1 cm³/mol. The molecule has 2 N–H and O–H groups in total. The van der Waals surface area contributed by atoms with E-state index < -0.39 is 17.8 Å². The number of hydrogen-bond donors (Lipinski definition) is 2. The minimum absolute atomic E-state index is 0.111. The van der Waals surface area contributed by atoms with Gasteiger partial charge in [0.25, 0.3) is 0 Å². The lowest BCUT2D eigenvalue weighted by Crippen LogP contribution is -2.52. The second-order valence-electron chi connectivity index (χ2n) is 4.44. The van der Waals surface area contributed by atoms with Crippen molar-refractivity contribution in [2.24, 2.45) is 5.92 Å². The Bertz CT molecular complexity index is 227. The van der Waals surface area contributed by atoms with Gasteiger partial charge in [-0.2, -0.15) is 0 Å². The second-order valence-corrected chi connectivity index (χ2v) is 4.44. The first-order chi connectivity index (χ1) is 7.53. The molecule has 0 amide bonds. The van der Waals surface area contributed by atoms with Crippen molar-refractivity contribution in [3.8, 4) is 0 Å². The highest BCUT2D eigenvalue weighted by molar-refractivity contribution is 6.11. The van der Waals surface area contributed by atoms with E-state index in [1.54, 1.807) is 7.11 Å². The van der Waals surface area contributed by atoms with Crippen LogP contribution >= 0.6 is 0 Å². The van der Waals surface area contributed by atoms with Crippen LogP contribution < -0.4 is 0 Å². The third-order valence-corrected chi connectivity index (χ3v) is 3.45. The smallest absolute Gasteiger partial charge is 0.142 e. The van der Waals surface area contributed by atoms with Gasteiger partial charge in [0.1, 0.15) is 25.7 Å². The fraction of sp³-hybridized carbons (Fsp3) is 1.00. The summed E-state index contributed by atoms with van der Waals surface area (Å²) in [6, 6.07) is -0.244. The van der Waals surface area contributed by atoms with E-state index in [-0.39, 0.29) is 18.5 Å². The van der Waals surface area contributed by atoms with Crippen LogP contribution in [0.5, 0.6) is 0 Å². The molecule has 1 unspecified atom stereocenters. The van der Waals surface area contributed by atoms with Crippen molar-refractivity contribution in [3.05, 3.63) is 0 Å². The van der Waals surface area contributed by atoms with E-state index in [1.807, 2.05) is 14.8 Å². The highest BCUT2D eigenvalue weighted by Gasteiger charge is 2.55. The van der Waals surface area contributed by atoms with E-state index in [9.17, 15) is 10.2 Å². The van der Waals surface area contributed by atoms with Crippen molar-refractivity contribution in [1.82, 2.24) is 0 Å². The standard InChI is InChI=1S/C10H21BO5/c1-6(4-14-2)10(5-12)8(13)7(15-3)9(11)16-10/h6-9,12-13H,4-5,11H2,1-3H3/t6?,7-,8+,9-,10+/m1/s1. The molecule has 0 saturated carbocycles. The molecule has 1 aliphatic rings. The molecule has 1 rings (SSSR count). The van der Waals surface area contributed by atoms with Gasteiger partial charge in [0.15, 0.2) is 0 Å². The lowest BCUT2D eigenvalue weighted by Gasteiger charge is -2.36. The maximum Gasteiger partial charge on any atom is 0.142 e. The van der Waals surface area contributed by atoms with Gasteiger partial charge in [-0.3, -0.25) is 0 Å². The first-order valence-electron chi connectivity index (χ1n) is 5.52. The van der Waals surface area contributed by atoms with Crippen molar-refractivity contribution in [3.63, 3.8) is 0 Å². The lowest BCUT2D eigenvalue weighted by molar-refractivity contribution is -0.143. The van der Waals surface area contributed by atoms with Gasteiger partial charge < -0.3 is 24.4 Å². The molecule has 16 heavy (non-hydrogen) atoms. The van der Waals surface area contributed by atoms with E-state index in [1.165, 1.54) is 7.11 Å². The molecule has 1 aliphatic heterocycles. The normalized spacial score (nSPS) is 41.2. The van der Waals surface area contributed by atoms with Gasteiger partial charge in [0.05, 0.1) is 19.2 Å². The van der Waals surface area contributed by atoms with Gasteiger partial charge in [0, 0.05) is 20.1 Å². The van der Waals surface area contributed by atoms with Crippen LogP contribution in [0.2, 0.25) is 0 Å². The Morgan fingerprint density at radius 3 is 2.50 bits per heavy atom. The third kappa shape index (κ3) is 2.12. The summed E-state index contributed by atoms with van der Waals surface area (Å²) < 4.78 is 16.0.